The van der Waals surface area contributed by atoms with Gasteiger partial charge in [0.2, 0.25) is 5.91 Å². The Balaban J connectivity index is 2.16. The van der Waals surface area contributed by atoms with Gasteiger partial charge in [0.15, 0.2) is 0 Å². The summed E-state index contributed by atoms with van der Waals surface area (Å²) in [5.41, 5.74) is 0.961. The van der Waals surface area contributed by atoms with Gasteiger partial charge in [0.05, 0.1) is 5.69 Å². The minimum absolute atomic E-state index is 0.111. The van der Waals surface area contributed by atoms with Crippen molar-refractivity contribution in [3.8, 4) is 11.3 Å². The fraction of sp³-hybridized carbons (Fsp3) is 0.368. The molecule has 0 saturated carbocycles. The van der Waals surface area contributed by atoms with Gasteiger partial charge in [0.25, 0.3) is 5.56 Å². The van der Waals surface area contributed by atoms with Crippen LogP contribution in [0.3, 0.4) is 0 Å². The van der Waals surface area contributed by atoms with Crippen molar-refractivity contribution < 1.29 is 14.7 Å². The van der Waals surface area contributed by atoms with Crippen molar-refractivity contribution >= 4 is 23.6 Å². The van der Waals surface area contributed by atoms with Crippen LogP contribution in [0.5, 0.6) is 0 Å². The van der Waals surface area contributed by atoms with Gasteiger partial charge in [-0.05, 0) is 36.8 Å². The average molecular weight is 389 g/mol. The second-order valence-corrected chi connectivity index (χ2v) is 7.41. The molecule has 0 radical (unpaired) electrons. The van der Waals surface area contributed by atoms with Gasteiger partial charge in [-0.1, -0.05) is 26.0 Å². The number of hydrogen-bond donors (Lipinski definition) is 2. The Kier molecular flexibility index (Phi) is 7.18. The first-order valence-corrected chi connectivity index (χ1v) is 9.77. The van der Waals surface area contributed by atoms with Crippen molar-refractivity contribution in [2.45, 2.75) is 37.8 Å². The Morgan fingerprint density at radius 3 is 2.41 bits per heavy atom. The van der Waals surface area contributed by atoms with Gasteiger partial charge in [0.1, 0.15) is 12.6 Å². The summed E-state index contributed by atoms with van der Waals surface area (Å²) in [5.74, 6) is -1.55. The minimum Gasteiger partial charge on any atom is -0.480 e. The molecule has 27 heavy (non-hydrogen) atoms. The number of thioether (sulfide) groups is 1. The maximum atomic E-state index is 12.2. The smallest absolute Gasteiger partial charge is 0.326 e. The van der Waals surface area contributed by atoms with E-state index in [-0.39, 0.29) is 12.5 Å². The van der Waals surface area contributed by atoms with E-state index in [0.29, 0.717) is 12.1 Å². The molecule has 0 fully saturated rings. The zero-order valence-electron chi connectivity index (χ0n) is 15.5. The van der Waals surface area contributed by atoms with Gasteiger partial charge < -0.3 is 10.4 Å². The highest BCUT2D eigenvalue weighted by Gasteiger charge is 2.21. The van der Waals surface area contributed by atoms with Crippen LogP contribution in [0.2, 0.25) is 0 Å². The van der Waals surface area contributed by atoms with Crippen LogP contribution in [0.4, 0.5) is 0 Å². The number of rotatable bonds is 8. The summed E-state index contributed by atoms with van der Waals surface area (Å²) in [7, 11) is 0. The Hall–Kier alpha value is -2.61. The van der Waals surface area contributed by atoms with Crippen molar-refractivity contribution in [1.82, 2.24) is 15.1 Å². The van der Waals surface area contributed by atoms with Crippen molar-refractivity contribution in [1.29, 1.82) is 0 Å². The van der Waals surface area contributed by atoms with E-state index in [0.717, 1.165) is 15.1 Å². The molecule has 0 unspecified atom stereocenters. The van der Waals surface area contributed by atoms with Crippen molar-refractivity contribution in [2.24, 2.45) is 5.92 Å². The molecule has 0 spiro atoms. The Morgan fingerprint density at radius 2 is 1.85 bits per heavy atom. The number of amides is 1. The Morgan fingerprint density at radius 1 is 1.19 bits per heavy atom. The Labute approximate surface area is 161 Å². The van der Waals surface area contributed by atoms with Gasteiger partial charge in [-0.2, -0.15) is 5.10 Å². The fourth-order valence-electron chi connectivity index (χ4n) is 2.55. The lowest BCUT2D eigenvalue weighted by Gasteiger charge is -2.16. The molecule has 0 saturated heterocycles. The van der Waals surface area contributed by atoms with Crippen LogP contribution in [-0.4, -0.2) is 39.1 Å². The summed E-state index contributed by atoms with van der Waals surface area (Å²) in [6, 6.07) is 9.65. The first-order chi connectivity index (χ1) is 12.8. The molecule has 1 amide bonds. The normalized spacial score (nSPS) is 12.0. The first kappa shape index (κ1) is 20.7. The van der Waals surface area contributed by atoms with E-state index in [9.17, 15) is 19.5 Å². The quantitative estimate of drug-likeness (QED) is 0.672. The summed E-state index contributed by atoms with van der Waals surface area (Å²) < 4.78 is 1.04. The number of carbonyl (C=O) groups excluding carboxylic acids is 1. The lowest BCUT2D eigenvalue weighted by atomic mass is 10.0. The molecule has 1 heterocycles. The van der Waals surface area contributed by atoms with Gasteiger partial charge in [0, 0.05) is 16.5 Å². The number of carbonyl (C=O) groups is 2. The van der Waals surface area contributed by atoms with Crippen molar-refractivity contribution in [2.75, 3.05) is 6.26 Å². The summed E-state index contributed by atoms with van der Waals surface area (Å²) in [6.45, 7) is 3.41. The van der Waals surface area contributed by atoms with E-state index in [1.54, 1.807) is 17.8 Å². The van der Waals surface area contributed by atoms with E-state index < -0.39 is 23.5 Å². The molecular formula is C19H23N3O4S. The molecule has 1 aromatic carbocycles. The molecule has 0 aliphatic rings. The standard InChI is InChI=1S/C19H23N3O4S/c1-12(2)10-16(19(25)26)20-17(23)11-22-18(24)9-8-15(21-22)13-4-6-14(27-3)7-5-13/h4-9,12,16H,10-11H2,1-3H3,(H,20,23)(H,25,26)/t16-/m1/s1. The molecule has 144 valence electrons. The third-order valence-electron chi connectivity index (χ3n) is 3.89. The van der Waals surface area contributed by atoms with E-state index in [2.05, 4.69) is 10.4 Å². The highest BCUT2D eigenvalue weighted by atomic mass is 32.2. The lowest BCUT2D eigenvalue weighted by molar-refractivity contribution is -0.142. The van der Waals surface area contributed by atoms with Crippen molar-refractivity contribution in [3.05, 3.63) is 46.8 Å². The maximum absolute atomic E-state index is 12.2. The van der Waals surface area contributed by atoms with Gasteiger partial charge >= 0.3 is 5.97 Å². The van der Waals surface area contributed by atoms with Crippen LogP contribution < -0.4 is 10.9 Å². The SMILES string of the molecule is CSc1ccc(-c2ccc(=O)n(CC(=O)N[C@H](CC(C)C)C(=O)O)n2)cc1. The molecule has 2 N–H and O–H groups in total. The van der Waals surface area contributed by atoms with Crippen LogP contribution >= 0.6 is 11.8 Å². The molecule has 1 atom stereocenters. The highest BCUT2D eigenvalue weighted by Crippen LogP contribution is 2.20. The van der Waals surface area contributed by atoms with Gasteiger partial charge in [-0.15, -0.1) is 11.8 Å². The van der Waals surface area contributed by atoms with Crippen LogP contribution in [0.1, 0.15) is 20.3 Å². The summed E-state index contributed by atoms with van der Waals surface area (Å²) >= 11 is 1.62. The third-order valence-corrected chi connectivity index (χ3v) is 4.63. The second-order valence-electron chi connectivity index (χ2n) is 6.53. The molecule has 0 aliphatic heterocycles. The van der Waals surface area contributed by atoms with E-state index in [4.69, 9.17) is 0 Å². The lowest BCUT2D eigenvalue weighted by Crippen LogP contribution is -2.44. The molecular weight excluding hydrogens is 366 g/mol. The number of carboxylic acids is 1. The second kappa shape index (κ2) is 9.36. The molecule has 0 aliphatic carbocycles. The monoisotopic (exact) mass is 389 g/mol. The predicted molar refractivity (Wildman–Crippen MR) is 105 cm³/mol. The molecule has 7 nitrogen and oxygen atoms in total. The summed E-state index contributed by atoms with van der Waals surface area (Å²) in [6.07, 6.45) is 2.29. The third kappa shape index (κ3) is 5.96. The molecule has 0 bridgehead atoms. The molecule has 2 rings (SSSR count). The number of carboxylic acid groups (broad SMARTS) is 1. The van der Waals surface area contributed by atoms with E-state index in [1.807, 2.05) is 44.4 Å². The largest absolute Gasteiger partial charge is 0.480 e. The van der Waals surface area contributed by atoms with Crippen LogP contribution in [-0.2, 0) is 16.1 Å². The van der Waals surface area contributed by atoms with E-state index in [1.165, 1.54) is 6.07 Å². The molecule has 1 aromatic heterocycles. The first-order valence-electron chi connectivity index (χ1n) is 8.55. The number of benzene rings is 1. The summed E-state index contributed by atoms with van der Waals surface area (Å²) in [5, 5.41) is 15.9. The fourth-order valence-corrected chi connectivity index (χ4v) is 2.96. The minimum atomic E-state index is -1.10. The number of nitrogens with one attached hydrogen (secondary N) is 1. The van der Waals surface area contributed by atoms with Crippen LogP contribution in [0, 0.1) is 5.92 Å². The van der Waals surface area contributed by atoms with E-state index >= 15 is 0 Å². The van der Waals surface area contributed by atoms with Gasteiger partial charge in [-0.3, -0.25) is 9.59 Å². The zero-order valence-corrected chi connectivity index (χ0v) is 16.3. The van der Waals surface area contributed by atoms with Crippen LogP contribution in [0.25, 0.3) is 11.3 Å². The predicted octanol–water partition coefficient (Wildman–Crippen LogP) is 2.25. The number of nitrogens with zero attached hydrogens (tertiary/aromatic N) is 2. The highest BCUT2D eigenvalue weighted by molar-refractivity contribution is 7.98. The molecule has 8 heteroatoms. The molecule has 2 aromatic rings. The van der Waals surface area contributed by atoms with Crippen LogP contribution in [0.15, 0.2) is 46.1 Å². The zero-order chi connectivity index (χ0) is 20.0. The number of aliphatic carboxylic acids is 1. The number of aromatic nitrogens is 2. The number of hydrogen-bond acceptors (Lipinski definition) is 5. The van der Waals surface area contributed by atoms with Gasteiger partial charge in [-0.25, -0.2) is 9.48 Å². The Bertz CT molecular complexity index is 862. The average Bonchev–Trinajstić information content (AvgIpc) is 2.62. The summed E-state index contributed by atoms with van der Waals surface area (Å²) in [4.78, 5) is 36.6. The maximum Gasteiger partial charge on any atom is 0.326 e. The topological polar surface area (TPSA) is 101 Å². The van der Waals surface area contributed by atoms with Crippen molar-refractivity contribution in [3.63, 3.8) is 0 Å².